The largest absolute Gasteiger partial charge is 0.573 e. The second kappa shape index (κ2) is 7.90. The molecule has 0 atom stereocenters. The molecule has 0 amide bonds. The fourth-order valence-corrected chi connectivity index (χ4v) is 3.68. The Morgan fingerprint density at radius 2 is 1.86 bits per heavy atom. The van der Waals surface area contributed by atoms with Crippen LogP contribution in [0.25, 0.3) is 17.0 Å². The first-order chi connectivity index (χ1) is 13.9. The van der Waals surface area contributed by atoms with E-state index in [0.29, 0.717) is 29.2 Å². The number of fused-ring (bicyclic) bond motifs is 1. The lowest BCUT2D eigenvalue weighted by Crippen LogP contribution is -2.29. The summed E-state index contributed by atoms with van der Waals surface area (Å²) in [6.45, 7) is 0. The fraction of sp³-hybridized carbons (Fsp3) is 0.400. The summed E-state index contributed by atoms with van der Waals surface area (Å²) in [5.41, 5.74) is 2.00. The van der Waals surface area contributed by atoms with Gasteiger partial charge in [-0.25, -0.2) is 0 Å². The van der Waals surface area contributed by atoms with E-state index in [1.54, 1.807) is 17.6 Å². The zero-order chi connectivity index (χ0) is 20.4. The van der Waals surface area contributed by atoms with Crippen LogP contribution in [0.15, 0.2) is 42.6 Å². The average Bonchev–Trinajstić information content (AvgIpc) is 3.11. The molecule has 0 radical (unpaired) electrons. The molecule has 3 aromatic rings. The predicted molar refractivity (Wildman–Crippen MR) is 102 cm³/mol. The van der Waals surface area contributed by atoms with Crippen molar-refractivity contribution in [2.45, 2.75) is 44.2 Å². The maximum absolute atomic E-state index is 12.5. The third kappa shape index (κ3) is 4.61. The fourth-order valence-electron chi connectivity index (χ4n) is 3.68. The van der Waals surface area contributed by atoms with Gasteiger partial charge < -0.3 is 14.8 Å². The second-order valence-corrected chi connectivity index (χ2v) is 7.10. The first kappa shape index (κ1) is 19.5. The molecule has 1 N–H and O–H groups in total. The van der Waals surface area contributed by atoms with Crippen LogP contribution in [0.3, 0.4) is 0 Å². The smallest absolute Gasteiger partial charge is 0.406 e. The van der Waals surface area contributed by atoms with Crippen molar-refractivity contribution in [3.05, 3.63) is 42.6 Å². The molecule has 1 fully saturated rings. The molecule has 1 saturated carbocycles. The highest BCUT2D eigenvalue weighted by molar-refractivity contribution is 5.63. The summed E-state index contributed by atoms with van der Waals surface area (Å²) < 4.78 is 48.7. The van der Waals surface area contributed by atoms with Crippen molar-refractivity contribution in [2.75, 3.05) is 12.4 Å². The molecule has 2 heterocycles. The average molecular weight is 406 g/mol. The zero-order valence-electron chi connectivity index (χ0n) is 15.8. The van der Waals surface area contributed by atoms with Crippen LogP contribution < -0.4 is 10.1 Å². The third-order valence-electron chi connectivity index (χ3n) is 5.11. The highest BCUT2D eigenvalue weighted by atomic mass is 19.4. The molecule has 6 nitrogen and oxygen atoms in total. The topological polar surface area (TPSA) is 60.7 Å². The van der Waals surface area contributed by atoms with Crippen LogP contribution in [0, 0.1) is 0 Å². The van der Waals surface area contributed by atoms with E-state index in [2.05, 4.69) is 20.3 Å². The van der Waals surface area contributed by atoms with E-state index >= 15 is 0 Å². The van der Waals surface area contributed by atoms with Gasteiger partial charge in [-0.15, -0.1) is 23.4 Å². The molecule has 0 bridgehead atoms. The van der Waals surface area contributed by atoms with Gasteiger partial charge in [-0.2, -0.15) is 0 Å². The normalized spacial score (nSPS) is 20.0. The standard InChI is InChI=1S/C20H21F3N4O2/c1-28-16-8-5-14(6-9-16)24-15-7-10-18-25-26-19(27(18)12-15)13-3-2-4-17(11-13)29-20(21,22)23/h2-4,7,10-12,14,16,24H,5-6,8-9H2,1H3. The molecular formula is C20H21F3N4O2. The number of alkyl halides is 3. The Labute approximate surface area is 165 Å². The number of nitrogens with one attached hydrogen (secondary N) is 1. The number of halogens is 3. The van der Waals surface area contributed by atoms with Crippen LogP contribution in [0.5, 0.6) is 5.75 Å². The lowest BCUT2D eigenvalue weighted by atomic mass is 9.93. The van der Waals surface area contributed by atoms with E-state index in [1.165, 1.54) is 18.2 Å². The predicted octanol–water partition coefficient (Wildman–Crippen LogP) is 4.66. The Bertz CT molecular complexity index is 981. The molecule has 1 aliphatic rings. The number of pyridine rings is 1. The molecular weight excluding hydrogens is 385 g/mol. The molecule has 0 saturated heterocycles. The first-order valence-corrected chi connectivity index (χ1v) is 9.41. The molecule has 1 aliphatic carbocycles. The highest BCUT2D eigenvalue weighted by Crippen LogP contribution is 2.29. The van der Waals surface area contributed by atoms with E-state index in [-0.39, 0.29) is 5.75 Å². The van der Waals surface area contributed by atoms with Gasteiger partial charge in [-0.05, 0) is 49.9 Å². The molecule has 2 aromatic heterocycles. The Morgan fingerprint density at radius 1 is 1.07 bits per heavy atom. The van der Waals surface area contributed by atoms with Crippen LogP contribution >= 0.6 is 0 Å². The summed E-state index contributed by atoms with van der Waals surface area (Å²) in [6, 6.07) is 9.83. The van der Waals surface area contributed by atoms with Crippen molar-refractivity contribution in [3.63, 3.8) is 0 Å². The Morgan fingerprint density at radius 3 is 2.59 bits per heavy atom. The van der Waals surface area contributed by atoms with Gasteiger partial charge in [-0.3, -0.25) is 4.40 Å². The van der Waals surface area contributed by atoms with Gasteiger partial charge in [0.05, 0.1) is 11.8 Å². The summed E-state index contributed by atoms with van der Waals surface area (Å²) in [6.07, 6.45) is 1.51. The van der Waals surface area contributed by atoms with Gasteiger partial charge in [0.1, 0.15) is 5.75 Å². The lowest BCUT2D eigenvalue weighted by Gasteiger charge is -2.28. The maximum atomic E-state index is 12.5. The summed E-state index contributed by atoms with van der Waals surface area (Å²) in [7, 11) is 1.74. The Kier molecular flexibility index (Phi) is 5.31. The zero-order valence-corrected chi connectivity index (χ0v) is 15.8. The maximum Gasteiger partial charge on any atom is 0.573 e. The van der Waals surface area contributed by atoms with Crippen LogP contribution in [0.2, 0.25) is 0 Å². The minimum absolute atomic E-state index is 0.295. The van der Waals surface area contributed by atoms with Gasteiger partial charge >= 0.3 is 6.36 Å². The number of nitrogens with zero attached hydrogens (tertiary/aromatic N) is 3. The number of aromatic nitrogens is 3. The quantitative estimate of drug-likeness (QED) is 0.668. The number of hydrogen-bond donors (Lipinski definition) is 1. The molecule has 9 heteroatoms. The Hall–Kier alpha value is -2.81. The van der Waals surface area contributed by atoms with Gasteiger partial charge in [0.15, 0.2) is 11.5 Å². The number of anilines is 1. The van der Waals surface area contributed by atoms with Crippen molar-refractivity contribution in [1.82, 2.24) is 14.6 Å². The van der Waals surface area contributed by atoms with Crippen LogP contribution in [-0.4, -0.2) is 40.2 Å². The van der Waals surface area contributed by atoms with Crippen LogP contribution in [0.4, 0.5) is 18.9 Å². The number of hydrogen-bond acceptors (Lipinski definition) is 5. The molecule has 1 aromatic carbocycles. The summed E-state index contributed by atoms with van der Waals surface area (Å²) in [5, 5.41) is 11.8. The molecule has 0 aliphatic heterocycles. The minimum atomic E-state index is -4.75. The molecule has 0 unspecified atom stereocenters. The van der Waals surface area contributed by atoms with Gasteiger partial charge in [0.2, 0.25) is 0 Å². The van der Waals surface area contributed by atoms with Crippen molar-refractivity contribution in [3.8, 4) is 17.1 Å². The number of benzene rings is 1. The van der Waals surface area contributed by atoms with Crippen LogP contribution in [0.1, 0.15) is 25.7 Å². The van der Waals surface area contributed by atoms with E-state index < -0.39 is 6.36 Å². The van der Waals surface area contributed by atoms with E-state index in [0.717, 1.165) is 31.4 Å². The summed E-state index contributed by atoms with van der Waals surface area (Å²) >= 11 is 0. The molecule has 0 spiro atoms. The van der Waals surface area contributed by atoms with Crippen molar-refractivity contribution >= 4 is 11.3 Å². The summed E-state index contributed by atoms with van der Waals surface area (Å²) in [5.74, 6) is 0.148. The van der Waals surface area contributed by atoms with Crippen molar-refractivity contribution < 1.29 is 22.6 Å². The van der Waals surface area contributed by atoms with Gasteiger partial charge in [-0.1, -0.05) is 12.1 Å². The monoisotopic (exact) mass is 406 g/mol. The third-order valence-corrected chi connectivity index (χ3v) is 5.11. The molecule has 154 valence electrons. The van der Waals surface area contributed by atoms with E-state index in [9.17, 15) is 13.2 Å². The van der Waals surface area contributed by atoms with Crippen LogP contribution in [-0.2, 0) is 4.74 Å². The number of ether oxygens (including phenoxy) is 2. The van der Waals surface area contributed by atoms with E-state index in [1.807, 2.05) is 18.3 Å². The molecule has 29 heavy (non-hydrogen) atoms. The van der Waals surface area contributed by atoms with Gasteiger partial charge in [0, 0.05) is 24.9 Å². The highest BCUT2D eigenvalue weighted by Gasteiger charge is 2.31. The first-order valence-electron chi connectivity index (χ1n) is 9.41. The number of methoxy groups -OCH3 is 1. The van der Waals surface area contributed by atoms with Gasteiger partial charge in [0.25, 0.3) is 0 Å². The minimum Gasteiger partial charge on any atom is -0.406 e. The van der Waals surface area contributed by atoms with E-state index in [4.69, 9.17) is 4.74 Å². The second-order valence-electron chi connectivity index (χ2n) is 7.10. The van der Waals surface area contributed by atoms with Crippen molar-refractivity contribution in [2.24, 2.45) is 0 Å². The molecule has 4 rings (SSSR count). The number of rotatable bonds is 5. The van der Waals surface area contributed by atoms with Crippen molar-refractivity contribution in [1.29, 1.82) is 0 Å². The summed E-state index contributed by atoms with van der Waals surface area (Å²) in [4.78, 5) is 0. The Balaban J connectivity index is 1.57. The lowest BCUT2D eigenvalue weighted by molar-refractivity contribution is -0.274. The SMILES string of the molecule is COC1CCC(Nc2ccc3nnc(-c4cccc(OC(F)(F)F)c4)n3c2)CC1.